The third-order valence-electron chi connectivity index (χ3n) is 4.85. The zero-order valence-corrected chi connectivity index (χ0v) is 12.5. The second-order valence-corrected chi connectivity index (χ2v) is 6.27. The molecule has 0 aliphatic carbocycles. The van der Waals surface area contributed by atoms with Gasteiger partial charge in [-0.05, 0) is 71.2 Å². The average molecular weight is 267 g/mol. The van der Waals surface area contributed by atoms with Crippen molar-refractivity contribution < 1.29 is 4.79 Å². The van der Waals surface area contributed by atoms with E-state index < -0.39 is 0 Å². The smallest absolute Gasteiger partial charge is 0.222 e. The second-order valence-electron chi connectivity index (χ2n) is 6.27. The highest BCUT2D eigenvalue weighted by Crippen LogP contribution is 2.20. The van der Waals surface area contributed by atoms with Gasteiger partial charge in [0.1, 0.15) is 0 Å². The van der Waals surface area contributed by atoms with E-state index in [2.05, 4.69) is 17.3 Å². The normalized spacial score (nSPS) is 23.5. The lowest BCUT2D eigenvalue weighted by atomic mass is 9.92. The predicted molar refractivity (Wildman–Crippen MR) is 78.1 cm³/mol. The molecule has 4 nitrogen and oxygen atoms in total. The molecule has 4 heteroatoms. The highest BCUT2D eigenvalue weighted by Gasteiger charge is 2.24. The molecule has 0 atom stereocenters. The number of carbonyl (C=O) groups is 1. The largest absolute Gasteiger partial charge is 0.343 e. The number of rotatable bonds is 4. The van der Waals surface area contributed by atoms with Gasteiger partial charge in [-0.3, -0.25) is 4.79 Å². The monoisotopic (exact) mass is 267 g/mol. The van der Waals surface area contributed by atoms with Crippen molar-refractivity contribution >= 4 is 5.91 Å². The maximum atomic E-state index is 12.3. The van der Waals surface area contributed by atoms with Crippen LogP contribution in [-0.2, 0) is 4.79 Å². The van der Waals surface area contributed by atoms with Crippen LogP contribution in [0.5, 0.6) is 0 Å². The molecule has 2 fully saturated rings. The molecule has 2 aliphatic heterocycles. The highest BCUT2D eigenvalue weighted by atomic mass is 16.2. The summed E-state index contributed by atoms with van der Waals surface area (Å²) in [6.07, 6.45) is 6.57. The van der Waals surface area contributed by atoms with Gasteiger partial charge in [0.2, 0.25) is 5.91 Å². The number of nitrogens with zero attached hydrogens (tertiary/aromatic N) is 2. The zero-order chi connectivity index (χ0) is 13.7. The Bertz CT molecular complexity index is 281. The Kier molecular flexibility index (Phi) is 5.64. The Morgan fingerprint density at radius 3 is 2.47 bits per heavy atom. The summed E-state index contributed by atoms with van der Waals surface area (Å²) in [5.41, 5.74) is 0. The fourth-order valence-corrected chi connectivity index (χ4v) is 3.26. The molecule has 0 saturated carbocycles. The lowest BCUT2D eigenvalue weighted by Crippen LogP contribution is -2.44. The third-order valence-corrected chi connectivity index (χ3v) is 4.85. The number of hydrogen-bond donors (Lipinski definition) is 1. The molecule has 1 amide bonds. The summed E-state index contributed by atoms with van der Waals surface area (Å²) in [5.74, 6) is 1.11. The topological polar surface area (TPSA) is 35.6 Å². The number of carbonyl (C=O) groups excluding carboxylic acids is 1. The SMILES string of the molecule is CN1CCC(N(C)C(=O)CCC2CCNCC2)CC1. The van der Waals surface area contributed by atoms with E-state index >= 15 is 0 Å². The minimum absolute atomic E-state index is 0.355. The van der Waals surface area contributed by atoms with Crippen LogP contribution in [0.25, 0.3) is 0 Å². The molecular weight excluding hydrogens is 238 g/mol. The molecule has 2 rings (SSSR count). The van der Waals surface area contributed by atoms with E-state index in [1.54, 1.807) is 0 Å². The maximum absolute atomic E-state index is 12.3. The summed E-state index contributed by atoms with van der Waals surface area (Å²) in [5, 5.41) is 3.38. The third kappa shape index (κ3) is 4.46. The number of nitrogens with one attached hydrogen (secondary N) is 1. The van der Waals surface area contributed by atoms with Crippen molar-refractivity contribution in [3.8, 4) is 0 Å². The number of amides is 1. The Morgan fingerprint density at radius 1 is 1.21 bits per heavy atom. The van der Waals surface area contributed by atoms with Crippen molar-refractivity contribution in [2.75, 3.05) is 40.3 Å². The van der Waals surface area contributed by atoms with Crippen LogP contribution in [0.3, 0.4) is 0 Å². The first kappa shape index (κ1) is 14.8. The van der Waals surface area contributed by atoms with Crippen LogP contribution >= 0.6 is 0 Å². The number of hydrogen-bond acceptors (Lipinski definition) is 3. The first-order valence-electron chi connectivity index (χ1n) is 7.81. The number of piperidine rings is 2. The summed E-state index contributed by atoms with van der Waals surface area (Å²) in [6.45, 7) is 4.50. The van der Waals surface area contributed by atoms with Crippen molar-refractivity contribution in [2.45, 2.75) is 44.6 Å². The molecule has 0 aromatic rings. The molecule has 0 aromatic carbocycles. The number of likely N-dealkylation sites (tertiary alicyclic amines) is 1. The van der Waals surface area contributed by atoms with Crippen LogP contribution in [0, 0.1) is 5.92 Å². The van der Waals surface area contributed by atoms with Crippen LogP contribution in [0.1, 0.15) is 38.5 Å². The summed E-state index contributed by atoms with van der Waals surface area (Å²) < 4.78 is 0. The van der Waals surface area contributed by atoms with E-state index in [4.69, 9.17) is 0 Å². The van der Waals surface area contributed by atoms with E-state index in [0.717, 1.165) is 57.8 Å². The lowest BCUT2D eigenvalue weighted by molar-refractivity contribution is -0.133. The highest BCUT2D eigenvalue weighted by molar-refractivity contribution is 5.76. The van der Waals surface area contributed by atoms with Gasteiger partial charge in [-0.1, -0.05) is 0 Å². The van der Waals surface area contributed by atoms with Crippen molar-refractivity contribution in [3.63, 3.8) is 0 Å². The quantitative estimate of drug-likeness (QED) is 0.834. The Hall–Kier alpha value is -0.610. The molecule has 2 heterocycles. The van der Waals surface area contributed by atoms with Gasteiger partial charge in [-0.25, -0.2) is 0 Å². The van der Waals surface area contributed by atoms with E-state index in [9.17, 15) is 4.79 Å². The van der Waals surface area contributed by atoms with Gasteiger partial charge in [-0.2, -0.15) is 0 Å². The van der Waals surface area contributed by atoms with Crippen LogP contribution < -0.4 is 5.32 Å². The summed E-state index contributed by atoms with van der Waals surface area (Å²) in [6, 6.07) is 0.469. The molecule has 19 heavy (non-hydrogen) atoms. The molecule has 2 saturated heterocycles. The Morgan fingerprint density at radius 2 is 1.84 bits per heavy atom. The Balaban J connectivity index is 1.69. The predicted octanol–water partition coefficient (Wildman–Crippen LogP) is 1.32. The molecule has 110 valence electrons. The van der Waals surface area contributed by atoms with E-state index in [-0.39, 0.29) is 0 Å². The van der Waals surface area contributed by atoms with Crippen molar-refractivity contribution in [1.29, 1.82) is 0 Å². The van der Waals surface area contributed by atoms with Gasteiger partial charge < -0.3 is 15.1 Å². The van der Waals surface area contributed by atoms with Crippen LogP contribution in [-0.4, -0.2) is 62.0 Å². The fourth-order valence-electron chi connectivity index (χ4n) is 3.26. The summed E-state index contributed by atoms with van der Waals surface area (Å²) in [7, 11) is 4.16. The average Bonchev–Trinajstić information content (AvgIpc) is 2.46. The van der Waals surface area contributed by atoms with Crippen LogP contribution in [0.15, 0.2) is 0 Å². The Labute approximate surface area is 117 Å². The van der Waals surface area contributed by atoms with Gasteiger partial charge in [-0.15, -0.1) is 0 Å². The van der Waals surface area contributed by atoms with E-state index in [1.807, 2.05) is 11.9 Å². The van der Waals surface area contributed by atoms with Crippen molar-refractivity contribution in [1.82, 2.24) is 15.1 Å². The van der Waals surface area contributed by atoms with E-state index in [1.165, 1.54) is 12.8 Å². The van der Waals surface area contributed by atoms with E-state index in [0.29, 0.717) is 11.9 Å². The molecule has 2 aliphatic rings. The van der Waals surface area contributed by atoms with Gasteiger partial charge in [0.05, 0.1) is 0 Å². The van der Waals surface area contributed by atoms with Gasteiger partial charge in [0.15, 0.2) is 0 Å². The molecular formula is C15H29N3O. The summed E-state index contributed by atoms with van der Waals surface area (Å²) >= 11 is 0. The van der Waals surface area contributed by atoms with Gasteiger partial charge in [0, 0.05) is 19.5 Å². The minimum atomic E-state index is 0.355. The van der Waals surface area contributed by atoms with Crippen molar-refractivity contribution in [3.05, 3.63) is 0 Å². The molecule has 0 spiro atoms. The maximum Gasteiger partial charge on any atom is 0.222 e. The van der Waals surface area contributed by atoms with Gasteiger partial charge >= 0.3 is 0 Å². The second kappa shape index (κ2) is 7.25. The fraction of sp³-hybridized carbons (Fsp3) is 0.933. The first-order chi connectivity index (χ1) is 9.16. The first-order valence-corrected chi connectivity index (χ1v) is 7.81. The van der Waals surface area contributed by atoms with Gasteiger partial charge in [0.25, 0.3) is 0 Å². The molecule has 0 bridgehead atoms. The summed E-state index contributed by atoms with van der Waals surface area (Å²) in [4.78, 5) is 16.6. The molecule has 0 radical (unpaired) electrons. The molecule has 1 N–H and O–H groups in total. The lowest BCUT2D eigenvalue weighted by Gasteiger charge is -2.35. The van der Waals surface area contributed by atoms with Crippen LogP contribution in [0.4, 0.5) is 0 Å². The standard InChI is InChI=1S/C15H29N3O/c1-17-11-7-14(8-12-17)18(2)15(19)4-3-13-5-9-16-10-6-13/h13-14,16H,3-12H2,1-2H3. The molecule has 0 aromatic heterocycles. The minimum Gasteiger partial charge on any atom is -0.343 e. The van der Waals surface area contributed by atoms with Crippen molar-refractivity contribution in [2.24, 2.45) is 5.92 Å². The zero-order valence-electron chi connectivity index (χ0n) is 12.5. The van der Waals surface area contributed by atoms with Crippen LogP contribution in [0.2, 0.25) is 0 Å². The molecule has 0 unspecified atom stereocenters.